The number of rotatable bonds is 5. The molecular formula is C10H14N4O2S. The van der Waals surface area contributed by atoms with Gasteiger partial charge in [-0.3, -0.25) is 0 Å². The largest absolute Gasteiger partial charge is 0.372 e. The Hall–Kier alpha value is -1.63. The van der Waals surface area contributed by atoms with Crippen molar-refractivity contribution in [2.45, 2.75) is 20.3 Å². The first-order valence-electron chi connectivity index (χ1n) is 5.47. The highest BCUT2D eigenvalue weighted by Crippen LogP contribution is 2.28. The third-order valence-corrected chi connectivity index (χ3v) is 3.48. The van der Waals surface area contributed by atoms with Crippen LogP contribution in [-0.4, -0.2) is 20.9 Å². The third kappa shape index (κ3) is 2.23. The van der Waals surface area contributed by atoms with Crippen LogP contribution in [0.5, 0.6) is 0 Å². The van der Waals surface area contributed by atoms with E-state index in [0.717, 1.165) is 6.42 Å². The molecule has 0 bridgehead atoms. The average molecular weight is 254 g/mol. The SMILES string of the molecule is CCC(C)CNc1nc2sccn2c1[N+](=O)[O-]. The van der Waals surface area contributed by atoms with E-state index < -0.39 is 4.92 Å². The van der Waals surface area contributed by atoms with Gasteiger partial charge < -0.3 is 15.4 Å². The Morgan fingerprint density at radius 2 is 2.47 bits per heavy atom. The second-order valence-corrected chi connectivity index (χ2v) is 4.86. The van der Waals surface area contributed by atoms with Gasteiger partial charge in [0.15, 0.2) is 0 Å². The summed E-state index contributed by atoms with van der Waals surface area (Å²) in [6, 6.07) is 0. The van der Waals surface area contributed by atoms with Gasteiger partial charge in [0.2, 0.25) is 5.82 Å². The average Bonchev–Trinajstić information content (AvgIpc) is 2.84. The zero-order valence-corrected chi connectivity index (χ0v) is 10.5. The third-order valence-electron chi connectivity index (χ3n) is 2.72. The van der Waals surface area contributed by atoms with E-state index in [-0.39, 0.29) is 5.82 Å². The van der Waals surface area contributed by atoms with Crippen molar-refractivity contribution in [1.82, 2.24) is 9.38 Å². The standard InChI is InChI=1S/C10H14N4O2S/c1-3-7(2)6-11-8-9(14(15)16)13-4-5-17-10(13)12-8/h4-5,7,11H,3,6H2,1-2H3. The highest BCUT2D eigenvalue weighted by atomic mass is 32.1. The van der Waals surface area contributed by atoms with E-state index in [1.54, 1.807) is 11.6 Å². The Bertz CT molecular complexity index is 533. The summed E-state index contributed by atoms with van der Waals surface area (Å²) >= 11 is 1.39. The lowest BCUT2D eigenvalue weighted by Gasteiger charge is -2.08. The van der Waals surface area contributed by atoms with Crippen LogP contribution < -0.4 is 5.32 Å². The van der Waals surface area contributed by atoms with Crippen LogP contribution in [-0.2, 0) is 0 Å². The van der Waals surface area contributed by atoms with Gasteiger partial charge in [-0.2, -0.15) is 9.38 Å². The molecule has 7 heteroatoms. The zero-order valence-electron chi connectivity index (χ0n) is 9.71. The smallest absolute Gasteiger partial charge is 0.363 e. The van der Waals surface area contributed by atoms with Crippen LogP contribution in [0.15, 0.2) is 11.6 Å². The first kappa shape index (κ1) is 11.8. The molecule has 0 saturated carbocycles. The number of hydrogen-bond donors (Lipinski definition) is 1. The predicted octanol–water partition coefficient (Wildman–Crippen LogP) is 2.76. The van der Waals surface area contributed by atoms with E-state index >= 15 is 0 Å². The van der Waals surface area contributed by atoms with Gasteiger partial charge in [-0.15, -0.1) is 0 Å². The van der Waals surface area contributed by atoms with E-state index in [1.165, 1.54) is 15.7 Å². The summed E-state index contributed by atoms with van der Waals surface area (Å²) in [6.07, 6.45) is 2.70. The molecule has 1 unspecified atom stereocenters. The van der Waals surface area contributed by atoms with Gasteiger partial charge in [-0.05, 0) is 10.8 Å². The molecule has 6 nitrogen and oxygen atoms in total. The van der Waals surface area contributed by atoms with E-state index in [4.69, 9.17) is 0 Å². The van der Waals surface area contributed by atoms with Gasteiger partial charge in [0.1, 0.15) is 6.20 Å². The molecule has 0 spiro atoms. The zero-order chi connectivity index (χ0) is 12.4. The Balaban J connectivity index is 2.29. The molecule has 0 amide bonds. The fraction of sp³-hybridized carbons (Fsp3) is 0.500. The second kappa shape index (κ2) is 4.70. The molecule has 0 radical (unpaired) electrons. The molecule has 2 aromatic rings. The molecule has 0 fully saturated rings. The van der Waals surface area contributed by atoms with Gasteiger partial charge >= 0.3 is 5.82 Å². The number of nitrogens with one attached hydrogen (secondary N) is 1. The first-order chi connectivity index (χ1) is 8.13. The molecule has 2 rings (SSSR count). The van der Waals surface area contributed by atoms with Crippen molar-refractivity contribution in [1.29, 1.82) is 0 Å². The van der Waals surface area contributed by atoms with Crippen LogP contribution in [0.1, 0.15) is 20.3 Å². The van der Waals surface area contributed by atoms with Crippen molar-refractivity contribution in [3.63, 3.8) is 0 Å². The minimum atomic E-state index is -0.397. The maximum absolute atomic E-state index is 11.0. The van der Waals surface area contributed by atoms with Gasteiger partial charge in [-0.1, -0.05) is 31.6 Å². The molecule has 2 heterocycles. The van der Waals surface area contributed by atoms with Crippen molar-refractivity contribution in [3.05, 3.63) is 21.7 Å². The predicted molar refractivity (Wildman–Crippen MR) is 67.7 cm³/mol. The summed E-state index contributed by atoms with van der Waals surface area (Å²) in [6.45, 7) is 4.88. The fourth-order valence-electron chi connectivity index (χ4n) is 1.48. The monoisotopic (exact) mass is 254 g/mol. The molecule has 1 N–H and O–H groups in total. The van der Waals surface area contributed by atoms with Gasteiger partial charge in [0, 0.05) is 11.9 Å². The summed E-state index contributed by atoms with van der Waals surface area (Å²) in [5.41, 5.74) is 0. The highest BCUT2D eigenvalue weighted by molar-refractivity contribution is 7.15. The molecule has 0 aromatic carbocycles. The minimum absolute atomic E-state index is 0.0181. The lowest BCUT2D eigenvalue weighted by molar-refractivity contribution is -0.389. The number of nitro groups is 1. The summed E-state index contributed by atoms with van der Waals surface area (Å²) in [5.74, 6) is 0.848. The maximum atomic E-state index is 11.0. The summed E-state index contributed by atoms with van der Waals surface area (Å²) in [5, 5.41) is 15.9. The number of imidazole rings is 1. The molecule has 0 aliphatic heterocycles. The first-order valence-corrected chi connectivity index (χ1v) is 6.35. The Kier molecular flexibility index (Phi) is 3.28. The molecular weight excluding hydrogens is 240 g/mol. The van der Waals surface area contributed by atoms with E-state index in [1.807, 2.05) is 0 Å². The molecule has 0 aliphatic carbocycles. The number of thiazole rings is 1. The Morgan fingerprint density at radius 3 is 3.12 bits per heavy atom. The lowest BCUT2D eigenvalue weighted by atomic mass is 10.1. The highest BCUT2D eigenvalue weighted by Gasteiger charge is 2.23. The molecule has 0 aliphatic rings. The van der Waals surface area contributed by atoms with Crippen LogP contribution in [0.25, 0.3) is 4.96 Å². The van der Waals surface area contributed by atoms with E-state index in [0.29, 0.717) is 23.2 Å². The fourth-order valence-corrected chi connectivity index (χ4v) is 2.19. The number of nitrogens with zero attached hydrogens (tertiary/aromatic N) is 3. The number of aromatic nitrogens is 2. The number of anilines is 1. The number of fused-ring (bicyclic) bond motifs is 1. The lowest BCUT2D eigenvalue weighted by Crippen LogP contribution is -2.11. The van der Waals surface area contributed by atoms with Crippen LogP contribution in [0.4, 0.5) is 11.6 Å². The number of hydrogen-bond acceptors (Lipinski definition) is 5. The second-order valence-electron chi connectivity index (χ2n) is 3.99. The Morgan fingerprint density at radius 1 is 1.71 bits per heavy atom. The van der Waals surface area contributed by atoms with Crippen molar-refractivity contribution >= 4 is 27.9 Å². The molecule has 2 aromatic heterocycles. The minimum Gasteiger partial charge on any atom is -0.363 e. The van der Waals surface area contributed by atoms with Gasteiger partial charge in [-0.25, -0.2) is 0 Å². The summed E-state index contributed by atoms with van der Waals surface area (Å²) in [7, 11) is 0. The maximum Gasteiger partial charge on any atom is 0.372 e. The molecule has 1 atom stereocenters. The van der Waals surface area contributed by atoms with Crippen LogP contribution >= 0.6 is 11.3 Å². The normalized spacial score (nSPS) is 12.8. The summed E-state index contributed by atoms with van der Waals surface area (Å²) < 4.78 is 1.50. The van der Waals surface area contributed by atoms with E-state index in [2.05, 4.69) is 24.1 Å². The van der Waals surface area contributed by atoms with Crippen LogP contribution in [0.3, 0.4) is 0 Å². The summed E-state index contributed by atoms with van der Waals surface area (Å²) in [4.78, 5) is 15.5. The molecule has 17 heavy (non-hydrogen) atoms. The Labute approximate surface area is 102 Å². The van der Waals surface area contributed by atoms with E-state index in [9.17, 15) is 10.1 Å². The van der Waals surface area contributed by atoms with Crippen molar-refractivity contribution in [2.75, 3.05) is 11.9 Å². The van der Waals surface area contributed by atoms with Crippen LogP contribution in [0.2, 0.25) is 0 Å². The quantitative estimate of drug-likeness (QED) is 0.657. The topological polar surface area (TPSA) is 72.5 Å². The van der Waals surface area contributed by atoms with Crippen LogP contribution in [0, 0.1) is 16.0 Å². The van der Waals surface area contributed by atoms with Crippen molar-refractivity contribution in [3.8, 4) is 0 Å². The van der Waals surface area contributed by atoms with Crippen molar-refractivity contribution in [2.24, 2.45) is 5.92 Å². The van der Waals surface area contributed by atoms with Gasteiger partial charge in [0.05, 0.1) is 0 Å². The van der Waals surface area contributed by atoms with Gasteiger partial charge in [0.25, 0.3) is 4.96 Å². The molecule has 92 valence electrons. The molecule has 0 saturated heterocycles. The van der Waals surface area contributed by atoms with Crippen molar-refractivity contribution < 1.29 is 4.92 Å².